The second kappa shape index (κ2) is 9.96. The fourth-order valence-electron chi connectivity index (χ4n) is 1.97. The molecule has 0 saturated carbocycles. The van der Waals surface area contributed by atoms with Crippen LogP contribution in [-0.2, 0) is 13.6 Å². The van der Waals surface area contributed by atoms with Crippen molar-refractivity contribution in [2.24, 2.45) is 12.0 Å². The van der Waals surface area contributed by atoms with E-state index in [4.69, 9.17) is 9.47 Å². The predicted octanol–water partition coefficient (Wildman–Crippen LogP) is 2.03. The number of methoxy groups -OCH3 is 2. The van der Waals surface area contributed by atoms with E-state index in [9.17, 15) is 0 Å². The molecule has 0 bridgehead atoms. The second-order valence-corrected chi connectivity index (χ2v) is 4.69. The van der Waals surface area contributed by atoms with Gasteiger partial charge in [0.25, 0.3) is 0 Å². The quantitative estimate of drug-likeness (QED) is 0.402. The third-order valence-electron chi connectivity index (χ3n) is 3.17. The zero-order chi connectivity index (χ0) is 16.7. The Morgan fingerprint density at radius 3 is 2.58 bits per heavy atom. The molecule has 2 aromatic rings. The number of aromatic nitrogens is 3. The van der Waals surface area contributed by atoms with Gasteiger partial charge in [0.05, 0.1) is 14.2 Å². The van der Waals surface area contributed by atoms with Crippen LogP contribution in [0.15, 0.2) is 29.5 Å². The van der Waals surface area contributed by atoms with Crippen LogP contribution in [0.2, 0.25) is 0 Å². The molecule has 9 heteroatoms. The average Bonchev–Trinajstić information content (AvgIpc) is 2.97. The molecule has 0 atom stereocenters. The molecule has 1 heterocycles. The highest BCUT2D eigenvalue weighted by atomic mass is 127. The van der Waals surface area contributed by atoms with Crippen molar-refractivity contribution in [1.29, 1.82) is 0 Å². The Kier molecular flexibility index (Phi) is 8.30. The molecule has 0 spiro atoms. The normalized spacial score (nSPS) is 10.8. The number of rotatable bonds is 6. The highest BCUT2D eigenvalue weighted by molar-refractivity contribution is 14.0. The number of guanidine groups is 1. The molecule has 24 heavy (non-hydrogen) atoms. The zero-order valence-electron chi connectivity index (χ0n) is 14.2. The van der Waals surface area contributed by atoms with Crippen molar-refractivity contribution < 1.29 is 9.47 Å². The minimum Gasteiger partial charge on any atom is -0.493 e. The van der Waals surface area contributed by atoms with Gasteiger partial charge in [0.2, 0.25) is 0 Å². The van der Waals surface area contributed by atoms with E-state index in [1.165, 1.54) is 6.33 Å². The third-order valence-corrected chi connectivity index (χ3v) is 3.17. The molecule has 8 nitrogen and oxygen atoms in total. The zero-order valence-corrected chi connectivity index (χ0v) is 16.6. The molecule has 132 valence electrons. The highest BCUT2D eigenvalue weighted by Crippen LogP contribution is 2.29. The Labute approximate surface area is 158 Å². The van der Waals surface area contributed by atoms with E-state index in [1.807, 2.05) is 32.2 Å². The fourth-order valence-corrected chi connectivity index (χ4v) is 1.97. The summed E-state index contributed by atoms with van der Waals surface area (Å²) in [5.74, 6) is 2.78. The predicted molar refractivity (Wildman–Crippen MR) is 104 cm³/mol. The summed E-state index contributed by atoms with van der Waals surface area (Å²) < 4.78 is 12.2. The van der Waals surface area contributed by atoms with Crippen LogP contribution in [0.5, 0.6) is 11.5 Å². The minimum atomic E-state index is 0. The number of nitrogens with zero attached hydrogens (tertiary/aromatic N) is 4. The lowest BCUT2D eigenvalue weighted by atomic mass is 10.3. The van der Waals surface area contributed by atoms with Crippen LogP contribution in [0.3, 0.4) is 0 Å². The molecule has 0 amide bonds. The first kappa shape index (κ1) is 20.0. The molecule has 2 rings (SSSR count). The van der Waals surface area contributed by atoms with Gasteiger partial charge in [-0.1, -0.05) is 0 Å². The van der Waals surface area contributed by atoms with E-state index >= 15 is 0 Å². The highest BCUT2D eigenvalue weighted by Gasteiger charge is 2.07. The number of hydrogen-bond acceptors (Lipinski definition) is 5. The van der Waals surface area contributed by atoms with Crippen molar-refractivity contribution in [3.05, 3.63) is 30.4 Å². The van der Waals surface area contributed by atoms with Gasteiger partial charge in [-0.15, -0.1) is 24.0 Å². The van der Waals surface area contributed by atoms with Gasteiger partial charge in [0.15, 0.2) is 17.5 Å². The first-order chi connectivity index (χ1) is 11.2. The van der Waals surface area contributed by atoms with Crippen LogP contribution in [0, 0.1) is 0 Å². The summed E-state index contributed by atoms with van der Waals surface area (Å²) in [6.07, 6.45) is 1.51. The molecule has 1 aromatic heterocycles. The summed E-state index contributed by atoms with van der Waals surface area (Å²) in [4.78, 5) is 8.67. The first-order valence-electron chi connectivity index (χ1n) is 7.28. The van der Waals surface area contributed by atoms with Gasteiger partial charge in [-0.25, -0.2) is 9.98 Å². The van der Waals surface area contributed by atoms with Crippen LogP contribution in [-0.4, -0.2) is 41.5 Å². The second-order valence-electron chi connectivity index (χ2n) is 4.69. The standard InChI is InChI=1S/C15H22N6O2.HI/c1-5-16-15(17-9-14-18-10-19-21(14)2)20-11-6-7-12(22-3)13(8-11)23-4;/h6-8,10H,5,9H2,1-4H3,(H2,16,17,20);1H. The van der Waals surface area contributed by atoms with Gasteiger partial charge >= 0.3 is 0 Å². The number of halogens is 1. The molecule has 0 aliphatic rings. The third kappa shape index (κ3) is 5.25. The molecule has 2 N–H and O–H groups in total. The Bertz CT molecular complexity index is 674. The average molecular weight is 446 g/mol. The summed E-state index contributed by atoms with van der Waals surface area (Å²) in [5.41, 5.74) is 0.848. The molecule has 0 saturated heterocycles. The molecule has 0 unspecified atom stereocenters. The van der Waals surface area contributed by atoms with Gasteiger partial charge in [0, 0.05) is 25.3 Å². The molecule has 0 aliphatic carbocycles. The fraction of sp³-hybridized carbons (Fsp3) is 0.400. The summed E-state index contributed by atoms with van der Waals surface area (Å²) in [5, 5.41) is 10.5. The Morgan fingerprint density at radius 2 is 2.00 bits per heavy atom. The first-order valence-corrected chi connectivity index (χ1v) is 7.28. The largest absolute Gasteiger partial charge is 0.493 e. The number of ether oxygens (including phenoxy) is 2. The van der Waals surface area contributed by atoms with Crippen molar-refractivity contribution in [3.63, 3.8) is 0 Å². The molecular weight excluding hydrogens is 423 g/mol. The van der Waals surface area contributed by atoms with Crippen molar-refractivity contribution >= 4 is 35.6 Å². The van der Waals surface area contributed by atoms with E-state index in [-0.39, 0.29) is 24.0 Å². The molecule has 0 fully saturated rings. The Morgan fingerprint density at radius 1 is 1.25 bits per heavy atom. The van der Waals surface area contributed by atoms with Crippen LogP contribution in [0.25, 0.3) is 0 Å². The van der Waals surface area contributed by atoms with E-state index in [0.29, 0.717) is 24.0 Å². The minimum absolute atomic E-state index is 0. The summed E-state index contributed by atoms with van der Waals surface area (Å²) in [6, 6.07) is 5.60. The van der Waals surface area contributed by atoms with Crippen molar-refractivity contribution in [3.8, 4) is 11.5 Å². The molecular formula is C15H23IN6O2. The van der Waals surface area contributed by atoms with E-state index in [0.717, 1.165) is 18.1 Å². The van der Waals surface area contributed by atoms with Crippen LogP contribution in [0.1, 0.15) is 12.7 Å². The maximum atomic E-state index is 5.31. The van der Waals surface area contributed by atoms with Gasteiger partial charge < -0.3 is 20.1 Å². The van der Waals surface area contributed by atoms with Gasteiger partial charge in [-0.3, -0.25) is 4.68 Å². The maximum Gasteiger partial charge on any atom is 0.196 e. The Balaban J connectivity index is 0.00000288. The monoisotopic (exact) mass is 446 g/mol. The maximum absolute atomic E-state index is 5.31. The number of nitrogens with one attached hydrogen (secondary N) is 2. The van der Waals surface area contributed by atoms with Gasteiger partial charge in [-0.05, 0) is 19.1 Å². The van der Waals surface area contributed by atoms with Crippen molar-refractivity contribution in [2.45, 2.75) is 13.5 Å². The van der Waals surface area contributed by atoms with Crippen molar-refractivity contribution in [1.82, 2.24) is 20.1 Å². The number of hydrogen-bond donors (Lipinski definition) is 2. The van der Waals surface area contributed by atoms with E-state index in [2.05, 4.69) is 25.7 Å². The smallest absolute Gasteiger partial charge is 0.196 e. The Hall–Kier alpha value is -2.04. The summed E-state index contributed by atoms with van der Waals surface area (Å²) in [6.45, 7) is 3.19. The molecule has 0 radical (unpaired) electrons. The topological polar surface area (TPSA) is 85.6 Å². The van der Waals surface area contributed by atoms with Crippen molar-refractivity contribution in [2.75, 3.05) is 26.1 Å². The summed E-state index contributed by atoms with van der Waals surface area (Å²) >= 11 is 0. The lowest BCUT2D eigenvalue weighted by molar-refractivity contribution is 0.355. The van der Waals surface area contributed by atoms with Gasteiger partial charge in [-0.2, -0.15) is 5.10 Å². The summed E-state index contributed by atoms with van der Waals surface area (Å²) in [7, 11) is 5.05. The number of aryl methyl sites for hydroxylation is 1. The van der Waals surface area contributed by atoms with Crippen LogP contribution >= 0.6 is 24.0 Å². The number of benzene rings is 1. The van der Waals surface area contributed by atoms with E-state index in [1.54, 1.807) is 18.9 Å². The van der Waals surface area contributed by atoms with E-state index < -0.39 is 0 Å². The van der Waals surface area contributed by atoms with Gasteiger partial charge in [0.1, 0.15) is 18.7 Å². The molecule has 1 aromatic carbocycles. The lowest BCUT2D eigenvalue weighted by Crippen LogP contribution is -2.30. The molecule has 0 aliphatic heterocycles. The SMILES string of the molecule is CCNC(=NCc1ncnn1C)Nc1ccc(OC)c(OC)c1.I. The number of anilines is 1. The van der Waals surface area contributed by atoms with Crippen LogP contribution in [0.4, 0.5) is 5.69 Å². The number of aliphatic imine (C=N–C) groups is 1. The lowest BCUT2D eigenvalue weighted by Gasteiger charge is -2.13. The van der Waals surface area contributed by atoms with Crippen LogP contribution < -0.4 is 20.1 Å².